The summed E-state index contributed by atoms with van der Waals surface area (Å²) in [5.74, 6) is 0.987. The summed E-state index contributed by atoms with van der Waals surface area (Å²) in [4.78, 5) is 24.4. The van der Waals surface area contributed by atoms with Gasteiger partial charge in [0.25, 0.3) is 5.91 Å². The van der Waals surface area contributed by atoms with Crippen LogP contribution in [0.15, 0.2) is 48.8 Å². The highest BCUT2D eigenvalue weighted by Gasteiger charge is 2.32. The van der Waals surface area contributed by atoms with Gasteiger partial charge in [0.1, 0.15) is 11.6 Å². The number of aromatic nitrogens is 3. The highest BCUT2D eigenvalue weighted by atomic mass is 35.5. The van der Waals surface area contributed by atoms with Gasteiger partial charge in [0.2, 0.25) is 0 Å². The molecule has 0 aliphatic carbocycles. The largest absolute Gasteiger partial charge is 0.353 e. The van der Waals surface area contributed by atoms with Gasteiger partial charge in [0.15, 0.2) is 0 Å². The highest BCUT2D eigenvalue weighted by Crippen LogP contribution is 2.29. The number of halogens is 2. The van der Waals surface area contributed by atoms with E-state index in [0.29, 0.717) is 28.5 Å². The van der Waals surface area contributed by atoms with Crippen LogP contribution in [0.3, 0.4) is 0 Å². The minimum atomic E-state index is -0.277. The van der Waals surface area contributed by atoms with Gasteiger partial charge in [-0.3, -0.25) is 19.7 Å². The summed E-state index contributed by atoms with van der Waals surface area (Å²) in [6.07, 6.45) is 5.52. The zero-order valence-electron chi connectivity index (χ0n) is 20.3. The predicted octanol–water partition coefficient (Wildman–Crippen LogP) is 4.78. The lowest BCUT2D eigenvalue weighted by atomic mass is 9.99. The second-order valence-electron chi connectivity index (χ2n) is 9.62. The predicted molar refractivity (Wildman–Crippen MR) is 146 cm³/mol. The highest BCUT2D eigenvalue weighted by molar-refractivity contribution is 6.33. The maximum Gasteiger partial charge on any atom is 0.258 e. The zero-order chi connectivity index (χ0) is 25.1. The van der Waals surface area contributed by atoms with Crippen molar-refractivity contribution in [2.75, 3.05) is 42.9 Å². The van der Waals surface area contributed by atoms with Gasteiger partial charge in [-0.2, -0.15) is 5.10 Å². The van der Waals surface area contributed by atoms with Crippen molar-refractivity contribution < 1.29 is 6.22 Å². The molecule has 2 N–H and O–H groups in total. The number of piperazine rings is 1. The summed E-state index contributed by atoms with van der Waals surface area (Å²) < 4.78 is 0. The molecule has 0 bridgehead atoms. The van der Waals surface area contributed by atoms with E-state index in [1.165, 1.54) is 18.4 Å². The lowest BCUT2D eigenvalue weighted by molar-refractivity contribution is 0.0690. The number of carbonyl (C=O) groups is 1. The topological polar surface area (TPSA) is 80.4 Å². The van der Waals surface area contributed by atoms with Crippen molar-refractivity contribution in [1.82, 2.24) is 25.0 Å². The van der Waals surface area contributed by atoms with Crippen LogP contribution in [0.25, 0.3) is 0 Å². The molecule has 3 aromatic rings. The Balaban J connectivity index is 0.00000320. The van der Waals surface area contributed by atoms with Crippen LogP contribution in [-0.4, -0.2) is 75.7 Å². The van der Waals surface area contributed by atoms with Crippen molar-refractivity contribution in [1.29, 1.82) is 0 Å². The zero-order valence-corrected chi connectivity index (χ0v) is 21.8. The van der Waals surface area contributed by atoms with E-state index in [1.54, 1.807) is 24.5 Å². The van der Waals surface area contributed by atoms with Crippen LogP contribution in [0, 0.1) is 0 Å². The van der Waals surface area contributed by atoms with Crippen molar-refractivity contribution in [2.24, 2.45) is 0 Å². The summed E-state index contributed by atoms with van der Waals surface area (Å²) in [5, 5.41) is 10.6. The number of likely N-dealkylation sites (tertiary alicyclic amines) is 1. The molecule has 0 unspecified atom stereocenters. The fraction of sp³-hybridized carbons (Fsp3) is 0.423. The molecule has 0 spiro atoms. The fourth-order valence-electron chi connectivity index (χ4n) is 5.27. The van der Waals surface area contributed by atoms with Crippen molar-refractivity contribution in [3.05, 3.63) is 70.0 Å². The minimum absolute atomic E-state index is 0. The molecule has 1 atom stereocenters. The molecule has 2 fully saturated rings. The van der Waals surface area contributed by atoms with Crippen LogP contribution in [0.2, 0.25) is 10.0 Å². The third-order valence-electron chi connectivity index (χ3n) is 7.16. The van der Waals surface area contributed by atoms with E-state index in [0.717, 1.165) is 50.1 Å². The molecule has 1 aromatic carbocycles. The minimum Gasteiger partial charge on any atom is -0.353 e. The Morgan fingerprint density at radius 2 is 1.92 bits per heavy atom. The molecule has 1 amide bonds. The van der Waals surface area contributed by atoms with E-state index in [2.05, 4.69) is 54.3 Å². The molecule has 8 nitrogen and oxygen atoms in total. The maximum absolute atomic E-state index is 12.5. The van der Waals surface area contributed by atoms with Crippen LogP contribution in [0.5, 0.6) is 0 Å². The van der Waals surface area contributed by atoms with Crippen LogP contribution < -0.4 is 10.2 Å². The number of amides is 1. The number of hydrogen-bond acceptors (Lipinski definition) is 6. The van der Waals surface area contributed by atoms with E-state index in [-0.39, 0.29) is 7.33 Å². The molecule has 10 heteroatoms. The first-order chi connectivity index (χ1) is 17.5. The SMILES string of the molecule is C[C@H]1CN(c2ncc(C(=O)Nc3ccn[nH]3)cc2Cl)CCN1C1CCN(Cc2ccc(Cl)cc2)CC1.[HH]. The normalized spacial score (nSPS) is 20.0. The second-order valence-corrected chi connectivity index (χ2v) is 10.5. The standard InChI is InChI=1S/C26H31Cl2N7O.H2/c1-18-16-34(25-23(28)14-20(15-29-25)26(36)31-24-6-9-30-32-24)12-13-35(18)22-7-10-33(11-8-22)17-19-2-4-21(27)5-3-19;/h2-6,9,14-15,18,22H,7-8,10-13,16-17H2,1H3,(H2,30,31,32,36);1H/t18-;/m0./s1. The number of anilines is 2. The summed E-state index contributed by atoms with van der Waals surface area (Å²) in [6, 6.07) is 12.5. The van der Waals surface area contributed by atoms with E-state index < -0.39 is 0 Å². The van der Waals surface area contributed by atoms with Gasteiger partial charge in [0.05, 0.1) is 16.8 Å². The Bertz CT molecular complexity index is 1170. The van der Waals surface area contributed by atoms with E-state index in [4.69, 9.17) is 23.2 Å². The number of aromatic amines is 1. The first kappa shape index (κ1) is 25.0. The summed E-state index contributed by atoms with van der Waals surface area (Å²) in [6.45, 7) is 8.17. The third kappa shape index (κ3) is 5.83. The Morgan fingerprint density at radius 3 is 2.58 bits per heavy atom. The van der Waals surface area contributed by atoms with Crippen molar-refractivity contribution in [3.63, 3.8) is 0 Å². The molecular formula is C26H33Cl2N7O. The molecule has 36 heavy (non-hydrogen) atoms. The number of carbonyl (C=O) groups excluding carboxylic acids is 1. The number of nitrogens with zero attached hydrogens (tertiary/aromatic N) is 5. The number of H-pyrrole nitrogens is 1. The number of rotatable bonds is 6. The number of benzene rings is 1. The van der Waals surface area contributed by atoms with Gasteiger partial charge in [-0.25, -0.2) is 4.98 Å². The first-order valence-electron chi connectivity index (χ1n) is 12.4. The van der Waals surface area contributed by atoms with E-state index in [9.17, 15) is 4.79 Å². The quantitative estimate of drug-likeness (QED) is 0.478. The summed E-state index contributed by atoms with van der Waals surface area (Å²) in [5.41, 5.74) is 1.73. The van der Waals surface area contributed by atoms with Gasteiger partial charge in [0, 0.05) is 57.0 Å². The Hall–Kier alpha value is -2.65. The first-order valence-corrected chi connectivity index (χ1v) is 13.2. The fourth-order valence-corrected chi connectivity index (χ4v) is 5.68. The monoisotopic (exact) mass is 529 g/mol. The molecule has 0 saturated carbocycles. The maximum atomic E-state index is 12.5. The van der Waals surface area contributed by atoms with E-state index in [1.807, 2.05) is 12.1 Å². The van der Waals surface area contributed by atoms with Crippen molar-refractivity contribution in [2.45, 2.75) is 38.4 Å². The van der Waals surface area contributed by atoms with Gasteiger partial charge < -0.3 is 10.2 Å². The lowest BCUT2D eigenvalue weighted by Crippen LogP contribution is -2.57. The number of piperidine rings is 1. The summed E-state index contributed by atoms with van der Waals surface area (Å²) in [7, 11) is 0. The van der Waals surface area contributed by atoms with Gasteiger partial charge >= 0.3 is 0 Å². The van der Waals surface area contributed by atoms with Crippen LogP contribution in [0.4, 0.5) is 11.6 Å². The lowest BCUT2D eigenvalue weighted by Gasteiger charge is -2.47. The molecule has 4 heterocycles. The van der Waals surface area contributed by atoms with Crippen LogP contribution in [-0.2, 0) is 6.54 Å². The third-order valence-corrected chi connectivity index (χ3v) is 7.69. The van der Waals surface area contributed by atoms with Crippen LogP contribution in [0.1, 0.15) is 37.1 Å². The average Bonchev–Trinajstić information content (AvgIpc) is 3.39. The smallest absolute Gasteiger partial charge is 0.258 e. The molecule has 5 rings (SSSR count). The van der Waals surface area contributed by atoms with Crippen molar-refractivity contribution >= 4 is 40.7 Å². The van der Waals surface area contributed by atoms with Gasteiger partial charge in [-0.05, 0) is 56.6 Å². The second kappa shape index (κ2) is 11.2. The van der Waals surface area contributed by atoms with Gasteiger partial charge in [-0.1, -0.05) is 35.3 Å². The molecule has 192 valence electrons. The number of nitrogens with one attached hydrogen (secondary N) is 2. The molecule has 2 aromatic heterocycles. The number of pyridine rings is 1. The molecular weight excluding hydrogens is 497 g/mol. The average molecular weight is 531 g/mol. The Kier molecular flexibility index (Phi) is 7.76. The Labute approximate surface area is 223 Å². The molecule has 2 aliphatic rings. The van der Waals surface area contributed by atoms with Crippen LogP contribution >= 0.6 is 23.2 Å². The van der Waals surface area contributed by atoms with E-state index >= 15 is 0 Å². The molecule has 2 aliphatic heterocycles. The molecule has 2 saturated heterocycles. The van der Waals surface area contributed by atoms with Gasteiger partial charge in [-0.15, -0.1) is 0 Å². The Morgan fingerprint density at radius 1 is 1.14 bits per heavy atom. The number of hydrogen-bond donors (Lipinski definition) is 2. The van der Waals surface area contributed by atoms with Crippen molar-refractivity contribution in [3.8, 4) is 0 Å². The molecule has 0 radical (unpaired) electrons. The summed E-state index contributed by atoms with van der Waals surface area (Å²) >= 11 is 12.6.